The Morgan fingerprint density at radius 2 is 1.86 bits per heavy atom. The Kier molecular flexibility index (Phi) is 4.06. The molecule has 140 valence electrons. The normalized spacial score (nSPS) is 11.1. The van der Waals surface area contributed by atoms with Gasteiger partial charge in [0.15, 0.2) is 0 Å². The predicted molar refractivity (Wildman–Crippen MR) is 115 cm³/mol. The number of nitrogens with one attached hydrogen (secondary N) is 1. The second kappa shape index (κ2) is 6.87. The second-order valence-electron chi connectivity index (χ2n) is 6.96. The van der Waals surface area contributed by atoms with E-state index in [4.69, 9.17) is 0 Å². The Labute approximate surface area is 167 Å². The van der Waals surface area contributed by atoms with Gasteiger partial charge in [0.05, 0.1) is 5.69 Å². The van der Waals surface area contributed by atoms with E-state index < -0.39 is 0 Å². The van der Waals surface area contributed by atoms with E-state index in [1.54, 1.807) is 6.20 Å². The molecule has 0 aliphatic heterocycles. The van der Waals surface area contributed by atoms with E-state index in [1.807, 2.05) is 90.4 Å². The second-order valence-corrected chi connectivity index (χ2v) is 6.96. The summed E-state index contributed by atoms with van der Waals surface area (Å²) in [6.07, 6.45) is 5.57. The Morgan fingerprint density at radius 1 is 1.00 bits per heavy atom. The van der Waals surface area contributed by atoms with Gasteiger partial charge in [-0.05, 0) is 41.5 Å². The van der Waals surface area contributed by atoms with Crippen LogP contribution in [-0.4, -0.2) is 20.3 Å². The lowest BCUT2D eigenvalue weighted by Gasteiger charge is -2.11. The number of carbonyl (C=O) groups is 1. The highest BCUT2D eigenvalue weighted by atomic mass is 16.1. The van der Waals surface area contributed by atoms with Crippen LogP contribution in [0.4, 0.5) is 5.69 Å². The molecule has 2 aromatic heterocycles. The van der Waals surface area contributed by atoms with E-state index >= 15 is 0 Å². The minimum Gasteiger partial charge on any atom is -0.322 e. The SMILES string of the molecule is Cc1ccc(-c2cn3cccnc3n2)cc1NC(=O)c1cccc2ccccc12. The van der Waals surface area contributed by atoms with Gasteiger partial charge >= 0.3 is 0 Å². The molecule has 5 aromatic rings. The molecule has 0 radical (unpaired) electrons. The predicted octanol–water partition coefficient (Wildman–Crippen LogP) is 5.11. The lowest BCUT2D eigenvalue weighted by molar-refractivity contribution is 0.102. The van der Waals surface area contributed by atoms with Crippen LogP contribution < -0.4 is 5.32 Å². The van der Waals surface area contributed by atoms with Gasteiger partial charge in [-0.15, -0.1) is 0 Å². The monoisotopic (exact) mass is 378 g/mol. The number of carbonyl (C=O) groups excluding carboxylic acids is 1. The van der Waals surface area contributed by atoms with Crippen LogP contribution >= 0.6 is 0 Å². The van der Waals surface area contributed by atoms with Crippen molar-refractivity contribution in [3.8, 4) is 11.3 Å². The number of hydrogen-bond donors (Lipinski definition) is 1. The molecule has 0 atom stereocenters. The summed E-state index contributed by atoms with van der Waals surface area (Å²) >= 11 is 0. The topological polar surface area (TPSA) is 59.3 Å². The van der Waals surface area contributed by atoms with Crippen LogP contribution in [0.2, 0.25) is 0 Å². The largest absolute Gasteiger partial charge is 0.322 e. The summed E-state index contributed by atoms with van der Waals surface area (Å²) in [6, 6.07) is 21.5. The fourth-order valence-electron chi connectivity index (χ4n) is 3.50. The number of aromatic nitrogens is 3. The molecule has 0 aliphatic rings. The highest BCUT2D eigenvalue weighted by molar-refractivity contribution is 6.13. The number of anilines is 1. The van der Waals surface area contributed by atoms with Crippen molar-refractivity contribution < 1.29 is 4.79 Å². The molecular formula is C24H18N4O. The third-order valence-electron chi connectivity index (χ3n) is 5.05. The summed E-state index contributed by atoms with van der Waals surface area (Å²) in [5, 5.41) is 5.06. The summed E-state index contributed by atoms with van der Waals surface area (Å²) in [6.45, 7) is 1.98. The molecule has 0 fully saturated rings. The number of imidazole rings is 1. The number of aryl methyl sites for hydroxylation is 1. The van der Waals surface area contributed by atoms with E-state index in [2.05, 4.69) is 15.3 Å². The van der Waals surface area contributed by atoms with Gasteiger partial charge in [-0.2, -0.15) is 0 Å². The molecule has 5 rings (SSSR count). The van der Waals surface area contributed by atoms with Crippen LogP contribution in [0, 0.1) is 6.92 Å². The molecule has 5 nitrogen and oxygen atoms in total. The van der Waals surface area contributed by atoms with Gasteiger partial charge in [-0.1, -0.05) is 48.5 Å². The van der Waals surface area contributed by atoms with Crippen LogP contribution in [-0.2, 0) is 0 Å². The first kappa shape index (κ1) is 17.1. The maximum atomic E-state index is 13.0. The van der Waals surface area contributed by atoms with Crippen LogP contribution in [0.1, 0.15) is 15.9 Å². The molecule has 3 aromatic carbocycles. The van der Waals surface area contributed by atoms with Crippen molar-refractivity contribution in [3.05, 3.63) is 96.4 Å². The van der Waals surface area contributed by atoms with Crippen LogP contribution in [0.5, 0.6) is 0 Å². The van der Waals surface area contributed by atoms with E-state index in [0.29, 0.717) is 11.3 Å². The summed E-state index contributed by atoms with van der Waals surface area (Å²) in [5.74, 6) is 0.517. The van der Waals surface area contributed by atoms with Crippen molar-refractivity contribution in [1.82, 2.24) is 14.4 Å². The Hall–Kier alpha value is -3.99. The number of nitrogens with zero attached hydrogens (tertiary/aromatic N) is 3. The van der Waals surface area contributed by atoms with Crippen molar-refractivity contribution in [2.75, 3.05) is 5.32 Å². The number of fused-ring (bicyclic) bond motifs is 2. The van der Waals surface area contributed by atoms with Gasteiger partial charge in [0.2, 0.25) is 5.78 Å². The third-order valence-corrected chi connectivity index (χ3v) is 5.05. The third kappa shape index (κ3) is 3.12. The first-order valence-electron chi connectivity index (χ1n) is 9.39. The van der Waals surface area contributed by atoms with Crippen LogP contribution in [0.3, 0.4) is 0 Å². The fraction of sp³-hybridized carbons (Fsp3) is 0.0417. The lowest BCUT2D eigenvalue weighted by atomic mass is 10.0. The van der Waals surface area contributed by atoms with Gasteiger partial charge in [0, 0.05) is 35.4 Å². The zero-order valence-corrected chi connectivity index (χ0v) is 15.8. The minimum absolute atomic E-state index is 0.126. The molecule has 0 saturated carbocycles. The number of benzene rings is 3. The lowest BCUT2D eigenvalue weighted by Crippen LogP contribution is -2.13. The van der Waals surface area contributed by atoms with Gasteiger partial charge in [0.25, 0.3) is 5.91 Å². The van der Waals surface area contributed by atoms with E-state index in [1.165, 1.54) is 0 Å². The van der Waals surface area contributed by atoms with E-state index in [9.17, 15) is 4.79 Å². The molecule has 1 N–H and O–H groups in total. The molecule has 0 bridgehead atoms. The smallest absolute Gasteiger partial charge is 0.256 e. The van der Waals surface area contributed by atoms with Crippen molar-refractivity contribution in [2.45, 2.75) is 6.92 Å². The summed E-state index contributed by atoms with van der Waals surface area (Å²) in [5.41, 5.74) is 4.15. The standard InChI is InChI=1S/C24H18N4O/c1-16-10-11-18(22-15-28-13-5-12-25-24(28)27-22)14-21(16)26-23(29)20-9-4-7-17-6-2-3-8-19(17)20/h2-15H,1H3,(H,26,29). The molecular weight excluding hydrogens is 360 g/mol. The van der Waals surface area contributed by atoms with Crippen molar-refractivity contribution in [3.63, 3.8) is 0 Å². The first-order chi connectivity index (χ1) is 14.2. The minimum atomic E-state index is -0.126. The first-order valence-corrected chi connectivity index (χ1v) is 9.39. The van der Waals surface area contributed by atoms with Crippen molar-refractivity contribution >= 4 is 28.1 Å². The summed E-state index contributed by atoms with van der Waals surface area (Å²) < 4.78 is 1.88. The Balaban J connectivity index is 1.51. The van der Waals surface area contributed by atoms with Crippen LogP contribution in [0.25, 0.3) is 27.8 Å². The summed E-state index contributed by atoms with van der Waals surface area (Å²) in [4.78, 5) is 21.9. The molecule has 0 saturated heterocycles. The zero-order chi connectivity index (χ0) is 19.8. The number of rotatable bonds is 3. The quantitative estimate of drug-likeness (QED) is 0.475. The van der Waals surface area contributed by atoms with Gasteiger partial charge in [-0.3, -0.25) is 9.20 Å². The maximum Gasteiger partial charge on any atom is 0.256 e. The number of hydrogen-bond acceptors (Lipinski definition) is 3. The van der Waals surface area contributed by atoms with Gasteiger partial charge in [-0.25, -0.2) is 9.97 Å². The molecule has 29 heavy (non-hydrogen) atoms. The van der Waals surface area contributed by atoms with Gasteiger partial charge < -0.3 is 5.32 Å². The maximum absolute atomic E-state index is 13.0. The summed E-state index contributed by atoms with van der Waals surface area (Å²) in [7, 11) is 0. The molecule has 0 unspecified atom stereocenters. The van der Waals surface area contributed by atoms with Crippen molar-refractivity contribution in [1.29, 1.82) is 0 Å². The Bertz CT molecular complexity index is 1330. The molecule has 5 heteroatoms. The molecule has 2 heterocycles. The van der Waals surface area contributed by atoms with E-state index in [-0.39, 0.29) is 5.91 Å². The highest BCUT2D eigenvalue weighted by Gasteiger charge is 2.13. The zero-order valence-electron chi connectivity index (χ0n) is 15.8. The van der Waals surface area contributed by atoms with Gasteiger partial charge in [0.1, 0.15) is 0 Å². The average molecular weight is 378 g/mol. The highest BCUT2D eigenvalue weighted by Crippen LogP contribution is 2.26. The molecule has 0 spiro atoms. The van der Waals surface area contributed by atoms with Crippen molar-refractivity contribution in [2.24, 2.45) is 0 Å². The number of amides is 1. The average Bonchev–Trinajstić information content (AvgIpc) is 3.19. The molecule has 1 amide bonds. The fourth-order valence-corrected chi connectivity index (χ4v) is 3.50. The molecule has 0 aliphatic carbocycles. The van der Waals surface area contributed by atoms with Crippen LogP contribution in [0.15, 0.2) is 85.3 Å². The van der Waals surface area contributed by atoms with E-state index in [0.717, 1.165) is 33.3 Å². The Morgan fingerprint density at radius 3 is 2.76 bits per heavy atom.